The number of fused-ring (bicyclic) bond motifs is 6. The lowest BCUT2D eigenvalue weighted by Gasteiger charge is -2.47. The van der Waals surface area contributed by atoms with Crippen molar-refractivity contribution >= 4 is 28.7 Å². The number of nitrogens with zero attached hydrogens (tertiary/aromatic N) is 2. The molecule has 0 N–H and O–H groups in total. The van der Waals surface area contributed by atoms with E-state index in [1.54, 1.807) is 0 Å². The van der Waals surface area contributed by atoms with Crippen LogP contribution < -0.4 is 4.90 Å². The van der Waals surface area contributed by atoms with Gasteiger partial charge in [-0.05, 0) is 61.6 Å². The van der Waals surface area contributed by atoms with Gasteiger partial charge < -0.3 is 4.90 Å². The Bertz CT molecular complexity index is 841. The minimum atomic E-state index is 0.0186. The van der Waals surface area contributed by atoms with E-state index in [1.165, 1.54) is 35.4 Å². The summed E-state index contributed by atoms with van der Waals surface area (Å²) in [6, 6.07) is 15.6. The quantitative estimate of drug-likeness (QED) is 0.673. The molecule has 116 valence electrons. The Morgan fingerprint density at radius 1 is 1.22 bits per heavy atom. The first-order valence-corrected chi connectivity index (χ1v) is 8.78. The van der Waals surface area contributed by atoms with Crippen molar-refractivity contribution in [3.8, 4) is 0 Å². The average Bonchev–Trinajstić information content (AvgIpc) is 3.13. The van der Waals surface area contributed by atoms with Gasteiger partial charge in [-0.25, -0.2) is 0 Å². The molecule has 2 aromatic rings. The van der Waals surface area contributed by atoms with E-state index < -0.39 is 0 Å². The van der Waals surface area contributed by atoms with Gasteiger partial charge in [0.25, 0.3) is 0 Å². The molecular formula is C20H19ClN2. The van der Waals surface area contributed by atoms with Crippen LogP contribution in [0.25, 0.3) is 0 Å². The topological polar surface area (TPSA) is 15.6 Å². The molecule has 23 heavy (non-hydrogen) atoms. The molecule has 0 aromatic heterocycles. The summed E-state index contributed by atoms with van der Waals surface area (Å²) in [5.74, 6) is 0. The van der Waals surface area contributed by atoms with E-state index in [1.807, 2.05) is 6.07 Å². The molecule has 1 fully saturated rings. The first-order valence-electron chi connectivity index (χ1n) is 8.40. The predicted molar refractivity (Wildman–Crippen MR) is 96.4 cm³/mol. The maximum atomic E-state index is 6.30. The van der Waals surface area contributed by atoms with Crippen LogP contribution in [0.4, 0.5) is 11.4 Å². The number of anilines is 1. The van der Waals surface area contributed by atoms with Crippen molar-refractivity contribution in [2.24, 2.45) is 4.99 Å². The van der Waals surface area contributed by atoms with Crippen molar-refractivity contribution in [1.29, 1.82) is 0 Å². The third-order valence-corrected chi connectivity index (χ3v) is 6.20. The first-order chi connectivity index (χ1) is 11.2. The molecule has 3 heteroatoms. The number of para-hydroxylation sites is 1. The Hall–Kier alpha value is -1.80. The number of halogens is 1. The maximum absolute atomic E-state index is 6.30. The lowest BCUT2D eigenvalue weighted by molar-refractivity contribution is 0.433. The number of rotatable bonds is 0. The predicted octanol–water partition coefficient (Wildman–Crippen LogP) is 4.91. The Morgan fingerprint density at radius 2 is 2.09 bits per heavy atom. The lowest BCUT2D eigenvalue weighted by atomic mass is 9.65. The fourth-order valence-corrected chi connectivity index (χ4v) is 5.22. The van der Waals surface area contributed by atoms with Crippen LogP contribution in [0, 0.1) is 0 Å². The Balaban J connectivity index is 1.77. The molecule has 0 bridgehead atoms. The highest BCUT2D eigenvalue weighted by Crippen LogP contribution is 2.53. The van der Waals surface area contributed by atoms with E-state index in [0.29, 0.717) is 6.04 Å². The molecule has 1 saturated heterocycles. The van der Waals surface area contributed by atoms with Crippen LogP contribution in [-0.4, -0.2) is 18.3 Å². The molecule has 1 spiro atoms. The van der Waals surface area contributed by atoms with Crippen LogP contribution in [0.5, 0.6) is 0 Å². The zero-order chi connectivity index (χ0) is 15.6. The van der Waals surface area contributed by atoms with Gasteiger partial charge in [-0.2, -0.15) is 0 Å². The van der Waals surface area contributed by atoms with Crippen LogP contribution in [0.3, 0.4) is 0 Å². The second kappa shape index (κ2) is 4.61. The van der Waals surface area contributed by atoms with Crippen LogP contribution >= 0.6 is 11.6 Å². The zero-order valence-corrected chi connectivity index (χ0v) is 14.0. The minimum absolute atomic E-state index is 0.0186. The highest BCUT2D eigenvalue weighted by molar-refractivity contribution is 6.30. The van der Waals surface area contributed by atoms with E-state index in [9.17, 15) is 0 Å². The molecule has 3 heterocycles. The number of hydrogen-bond acceptors (Lipinski definition) is 2. The van der Waals surface area contributed by atoms with E-state index in [2.05, 4.69) is 48.2 Å². The minimum Gasteiger partial charge on any atom is -0.367 e. The normalized spacial score (nSPS) is 27.7. The fourth-order valence-electron chi connectivity index (χ4n) is 5.03. The van der Waals surface area contributed by atoms with Gasteiger partial charge in [-0.1, -0.05) is 29.8 Å². The largest absolute Gasteiger partial charge is 0.367 e. The van der Waals surface area contributed by atoms with E-state index >= 15 is 0 Å². The van der Waals surface area contributed by atoms with Crippen molar-refractivity contribution in [3.05, 3.63) is 58.6 Å². The van der Waals surface area contributed by atoms with Gasteiger partial charge in [0.05, 0.1) is 11.1 Å². The summed E-state index contributed by atoms with van der Waals surface area (Å²) < 4.78 is 0. The summed E-state index contributed by atoms with van der Waals surface area (Å²) >= 11 is 6.30. The molecule has 2 atom stereocenters. The molecule has 3 aliphatic heterocycles. The third-order valence-electron chi connectivity index (χ3n) is 5.96. The lowest BCUT2D eigenvalue weighted by Crippen LogP contribution is -2.55. The van der Waals surface area contributed by atoms with Gasteiger partial charge in [-0.15, -0.1) is 0 Å². The molecule has 3 aliphatic rings. The third kappa shape index (κ3) is 1.68. The highest BCUT2D eigenvalue weighted by Gasteiger charge is 2.53. The maximum Gasteiger partial charge on any atom is 0.0671 e. The van der Waals surface area contributed by atoms with E-state index in [0.717, 1.165) is 23.7 Å². The molecule has 0 radical (unpaired) electrons. The molecule has 0 amide bonds. The molecule has 2 unspecified atom stereocenters. The smallest absolute Gasteiger partial charge is 0.0671 e. The van der Waals surface area contributed by atoms with Gasteiger partial charge in [0, 0.05) is 29.0 Å². The number of aliphatic imine (C=N–C) groups is 1. The van der Waals surface area contributed by atoms with Crippen LogP contribution in [-0.2, 0) is 11.8 Å². The molecule has 2 nitrogen and oxygen atoms in total. The number of hydrogen-bond donors (Lipinski definition) is 0. The highest BCUT2D eigenvalue weighted by atomic mass is 35.5. The summed E-state index contributed by atoms with van der Waals surface area (Å²) in [6.07, 6.45) is 3.50. The molecule has 5 rings (SSSR count). The van der Waals surface area contributed by atoms with Crippen LogP contribution in [0.2, 0.25) is 5.02 Å². The molecule has 0 saturated carbocycles. The second-order valence-corrected chi connectivity index (χ2v) is 7.42. The summed E-state index contributed by atoms with van der Waals surface area (Å²) in [5, 5.41) is 0.831. The van der Waals surface area contributed by atoms with Gasteiger partial charge in [0.1, 0.15) is 0 Å². The summed E-state index contributed by atoms with van der Waals surface area (Å²) in [7, 11) is 0. The Labute approximate surface area is 141 Å². The summed E-state index contributed by atoms with van der Waals surface area (Å²) in [6.45, 7) is 3.35. The van der Waals surface area contributed by atoms with Gasteiger partial charge >= 0.3 is 0 Å². The van der Waals surface area contributed by atoms with Gasteiger partial charge in [-0.3, -0.25) is 4.99 Å². The standard InChI is InChI=1S/C20H19ClN2/c1-13-20(16-5-2-3-6-17(16)22-13)12-14-11-15(21)8-9-18(14)23-10-4-7-19(20)23/h2-3,5-6,8-9,11,19H,4,7,10,12H2,1H3. The van der Waals surface area contributed by atoms with Gasteiger partial charge in [0.15, 0.2) is 0 Å². The van der Waals surface area contributed by atoms with Crippen LogP contribution in [0.1, 0.15) is 30.9 Å². The average molecular weight is 323 g/mol. The van der Waals surface area contributed by atoms with Crippen molar-refractivity contribution in [1.82, 2.24) is 0 Å². The van der Waals surface area contributed by atoms with E-state index in [-0.39, 0.29) is 5.41 Å². The monoisotopic (exact) mass is 322 g/mol. The summed E-state index contributed by atoms with van der Waals surface area (Å²) in [4.78, 5) is 7.55. The zero-order valence-electron chi connectivity index (χ0n) is 13.2. The van der Waals surface area contributed by atoms with Crippen molar-refractivity contribution < 1.29 is 0 Å². The SMILES string of the molecule is CC1=Nc2ccccc2C12Cc1cc(Cl)ccc1N1CCCC12. The van der Waals surface area contributed by atoms with Crippen molar-refractivity contribution in [3.63, 3.8) is 0 Å². The molecule has 2 aromatic carbocycles. The molecule has 0 aliphatic carbocycles. The first kappa shape index (κ1) is 13.6. The fraction of sp³-hybridized carbons (Fsp3) is 0.350. The van der Waals surface area contributed by atoms with Crippen LogP contribution in [0.15, 0.2) is 47.5 Å². The van der Waals surface area contributed by atoms with E-state index in [4.69, 9.17) is 16.6 Å². The number of benzene rings is 2. The van der Waals surface area contributed by atoms with Gasteiger partial charge in [0.2, 0.25) is 0 Å². The van der Waals surface area contributed by atoms with Crippen molar-refractivity contribution in [2.75, 3.05) is 11.4 Å². The van der Waals surface area contributed by atoms with Crippen molar-refractivity contribution in [2.45, 2.75) is 37.6 Å². The Morgan fingerprint density at radius 3 is 3.00 bits per heavy atom. The summed E-state index contributed by atoms with van der Waals surface area (Å²) in [5.41, 5.74) is 6.58. The second-order valence-electron chi connectivity index (χ2n) is 6.99. The Kier molecular flexibility index (Phi) is 2.73. The molecular weight excluding hydrogens is 304 g/mol.